The summed E-state index contributed by atoms with van der Waals surface area (Å²) in [6, 6.07) is 3.50. The largest absolute Gasteiger partial charge is 0.0830 e. The second kappa shape index (κ2) is 3.12. The molecule has 1 radical (unpaired) electrons. The summed E-state index contributed by atoms with van der Waals surface area (Å²) >= 11 is 14.7. The van der Waals surface area contributed by atoms with E-state index in [0.717, 1.165) is 10.0 Å². The Bertz CT molecular complexity index is 235. The molecule has 3 heteroatoms. The summed E-state index contributed by atoms with van der Waals surface area (Å²) in [6.45, 7) is 3.69. The fourth-order valence-electron chi connectivity index (χ4n) is 0.608. The summed E-state index contributed by atoms with van der Waals surface area (Å²) in [6.07, 6.45) is 0. The van der Waals surface area contributed by atoms with Gasteiger partial charge >= 0.3 is 0 Å². The second-order valence-corrected chi connectivity index (χ2v) is 3.48. The van der Waals surface area contributed by atoms with E-state index < -0.39 is 0 Å². The topological polar surface area (TPSA) is 0 Å². The van der Waals surface area contributed by atoms with E-state index in [1.165, 1.54) is 0 Å². The van der Waals surface area contributed by atoms with Crippen molar-refractivity contribution in [1.29, 1.82) is 0 Å². The third-order valence-electron chi connectivity index (χ3n) is 1.04. The maximum absolute atomic E-state index is 5.75. The quantitative estimate of drug-likeness (QED) is 0.601. The van der Waals surface area contributed by atoms with Crippen LogP contribution >= 0.6 is 39.1 Å². The van der Waals surface area contributed by atoms with Crippen LogP contribution in [-0.4, -0.2) is 0 Å². The van der Waals surface area contributed by atoms with Gasteiger partial charge in [-0.15, -0.1) is 0 Å². The average molecular weight is 239 g/mol. The lowest BCUT2D eigenvalue weighted by atomic mass is 10.2. The van der Waals surface area contributed by atoms with Crippen LogP contribution in [0.3, 0.4) is 0 Å². The molecule has 0 saturated heterocycles. The zero-order valence-electron chi connectivity index (χ0n) is 5.00. The molecule has 0 bridgehead atoms. The Morgan fingerprint density at radius 1 is 1.20 bits per heavy atom. The van der Waals surface area contributed by atoms with E-state index in [4.69, 9.17) is 23.2 Å². The van der Waals surface area contributed by atoms with Crippen LogP contribution in [0.4, 0.5) is 0 Å². The van der Waals surface area contributed by atoms with Crippen molar-refractivity contribution in [1.82, 2.24) is 0 Å². The van der Waals surface area contributed by atoms with E-state index in [1.54, 1.807) is 12.1 Å². The Balaban J connectivity index is 3.31. The molecule has 0 atom stereocenters. The van der Waals surface area contributed by atoms with Crippen molar-refractivity contribution < 1.29 is 0 Å². The maximum Gasteiger partial charge on any atom is 0.0565 e. The van der Waals surface area contributed by atoms with Gasteiger partial charge in [0.05, 0.1) is 14.5 Å². The first-order valence-corrected chi connectivity index (χ1v) is 4.12. The third kappa shape index (κ3) is 1.66. The van der Waals surface area contributed by atoms with Gasteiger partial charge in [0.15, 0.2) is 0 Å². The molecular formula is C7H4BrCl2. The molecule has 10 heavy (non-hydrogen) atoms. The standard InChI is InChI=1S/C7H4BrCl2/c1-4-2-5(9)7(8)6(10)3-4/h2-3H,1H2. The molecule has 0 saturated carbocycles. The highest BCUT2D eigenvalue weighted by Crippen LogP contribution is 2.30. The van der Waals surface area contributed by atoms with Crippen LogP contribution in [0.15, 0.2) is 16.6 Å². The lowest BCUT2D eigenvalue weighted by Gasteiger charge is -1.99. The van der Waals surface area contributed by atoms with E-state index in [0.29, 0.717) is 10.0 Å². The van der Waals surface area contributed by atoms with Gasteiger partial charge < -0.3 is 0 Å². The number of halogens is 3. The van der Waals surface area contributed by atoms with E-state index in [1.807, 2.05) is 0 Å². The van der Waals surface area contributed by atoms with E-state index in [2.05, 4.69) is 22.9 Å². The molecule has 0 heterocycles. The number of hydrogen-bond donors (Lipinski definition) is 0. The summed E-state index contributed by atoms with van der Waals surface area (Å²) in [5.41, 5.74) is 0.818. The van der Waals surface area contributed by atoms with Crippen molar-refractivity contribution in [3.8, 4) is 0 Å². The molecular weight excluding hydrogens is 235 g/mol. The Hall–Kier alpha value is 0.280. The minimum Gasteiger partial charge on any atom is -0.0830 e. The molecule has 53 valence electrons. The van der Waals surface area contributed by atoms with Gasteiger partial charge in [-0.2, -0.15) is 0 Å². The zero-order chi connectivity index (χ0) is 7.72. The van der Waals surface area contributed by atoms with Gasteiger partial charge in [0.2, 0.25) is 0 Å². The molecule has 1 aromatic carbocycles. The highest BCUT2D eigenvalue weighted by atomic mass is 79.9. The van der Waals surface area contributed by atoms with Crippen LogP contribution < -0.4 is 0 Å². The fourth-order valence-corrected chi connectivity index (χ4v) is 1.37. The second-order valence-electron chi connectivity index (χ2n) is 1.87. The summed E-state index contributed by atoms with van der Waals surface area (Å²) in [4.78, 5) is 0. The fraction of sp³-hybridized carbons (Fsp3) is 0. The summed E-state index contributed by atoms with van der Waals surface area (Å²) in [5.74, 6) is 0. The minimum atomic E-state index is 0.595. The predicted octanol–water partition coefficient (Wildman–Crippen LogP) is 3.94. The molecule has 0 N–H and O–H groups in total. The number of hydrogen-bond acceptors (Lipinski definition) is 0. The molecule has 0 unspecified atom stereocenters. The molecule has 0 aliphatic rings. The third-order valence-corrected chi connectivity index (χ3v) is 2.95. The van der Waals surface area contributed by atoms with E-state index in [-0.39, 0.29) is 0 Å². The van der Waals surface area contributed by atoms with Gasteiger partial charge in [-0.3, -0.25) is 0 Å². The predicted molar refractivity (Wildman–Crippen MR) is 48.6 cm³/mol. The molecule has 0 aliphatic carbocycles. The number of rotatable bonds is 0. The first kappa shape index (κ1) is 8.38. The SMILES string of the molecule is [CH2]c1cc(Cl)c(Br)c(Cl)c1. The summed E-state index contributed by atoms with van der Waals surface area (Å²) < 4.78 is 0.725. The Morgan fingerprint density at radius 3 is 2.00 bits per heavy atom. The van der Waals surface area contributed by atoms with Crippen LogP contribution in [0, 0.1) is 6.92 Å². The van der Waals surface area contributed by atoms with Crippen LogP contribution in [-0.2, 0) is 0 Å². The first-order chi connectivity index (χ1) is 4.61. The van der Waals surface area contributed by atoms with E-state index >= 15 is 0 Å². The van der Waals surface area contributed by atoms with Crippen LogP contribution in [0.25, 0.3) is 0 Å². The average Bonchev–Trinajstić information content (AvgIpc) is 1.82. The van der Waals surface area contributed by atoms with Crippen LogP contribution in [0.2, 0.25) is 10.0 Å². The first-order valence-electron chi connectivity index (χ1n) is 2.58. The molecule has 0 spiro atoms. The number of benzene rings is 1. The zero-order valence-corrected chi connectivity index (χ0v) is 8.09. The monoisotopic (exact) mass is 237 g/mol. The molecule has 0 aromatic heterocycles. The summed E-state index contributed by atoms with van der Waals surface area (Å²) in [7, 11) is 0. The molecule has 1 rings (SSSR count). The van der Waals surface area contributed by atoms with Crippen LogP contribution in [0.1, 0.15) is 5.56 Å². The van der Waals surface area contributed by atoms with Gasteiger partial charge in [0.1, 0.15) is 0 Å². The van der Waals surface area contributed by atoms with Crippen molar-refractivity contribution in [3.05, 3.63) is 39.1 Å². The van der Waals surface area contributed by atoms with Gasteiger partial charge in [-0.25, -0.2) is 0 Å². The molecule has 0 nitrogen and oxygen atoms in total. The maximum atomic E-state index is 5.75. The van der Waals surface area contributed by atoms with Gasteiger partial charge in [-0.05, 0) is 40.5 Å². The van der Waals surface area contributed by atoms with Crippen molar-refractivity contribution >= 4 is 39.1 Å². The Morgan fingerprint density at radius 2 is 1.60 bits per heavy atom. The highest BCUT2D eigenvalue weighted by molar-refractivity contribution is 9.10. The Labute approximate surface area is 78.3 Å². The van der Waals surface area contributed by atoms with Crippen molar-refractivity contribution in [2.45, 2.75) is 0 Å². The van der Waals surface area contributed by atoms with E-state index in [9.17, 15) is 0 Å². The summed E-state index contributed by atoms with van der Waals surface area (Å²) in [5, 5.41) is 1.19. The van der Waals surface area contributed by atoms with Gasteiger partial charge in [-0.1, -0.05) is 23.2 Å². The minimum absolute atomic E-state index is 0.595. The van der Waals surface area contributed by atoms with Crippen molar-refractivity contribution in [3.63, 3.8) is 0 Å². The lowest BCUT2D eigenvalue weighted by molar-refractivity contribution is 1.57. The van der Waals surface area contributed by atoms with Gasteiger partial charge in [0.25, 0.3) is 0 Å². The molecule has 0 amide bonds. The normalized spacial score (nSPS) is 10.0. The highest BCUT2D eigenvalue weighted by Gasteiger charge is 2.01. The Kier molecular flexibility index (Phi) is 2.61. The van der Waals surface area contributed by atoms with Crippen molar-refractivity contribution in [2.75, 3.05) is 0 Å². The van der Waals surface area contributed by atoms with Crippen LogP contribution in [0.5, 0.6) is 0 Å². The van der Waals surface area contributed by atoms with Gasteiger partial charge in [0, 0.05) is 0 Å². The molecule has 0 aliphatic heterocycles. The lowest BCUT2D eigenvalue weighted by Crippen LogP contribution is -1.75. The molecule has 0 fully saturated rings. The van der Waals surface area contributed by atoms with Crippen molar-refractivity contribution in [2.24, 2.45) is 0 Å². The molecule has 1 aromatic rings. The smallest absolute Gasteiger partial charge is 0.0565 e.